The van der Waals surface area contributed by atoms with E-state index in [0.29, 0.717) is 25.0 Å². The summed E-state index contributed by atoms with van der Waals surface area (Å²) in [5.41, 5.74) is 5.27. The highest BCUT2D eigenvalue weighted by molar-refractivity contribution is 5.09. The predicted molar refractivity (Wildman–Crippen MR) is 68.7 cm³/mol. The molecule has 2 fully saturated rings. The van der Waals surface area contributed by atoms with Gasteiger partial charge in [-0.1, -0.05) is 19.8 Å². The molecule has 0 spiro atoms. The van der Waals surface area contributed by atoms with E-state index in [0.717, 1.165) is 25.7 Å². The van der Waals surface area contributed by atoms with Crippen LogP contribution in [0.3, 0.4) is 0 Å². The highest BCUT2D eigenvalue weighted by atomic mass is 16.5. The standard InChI is InChI=1S/C14H27NO2/c1-11-4-3-7-13(8-11,9-15)14(16,10-17-2)12-5-6-12/h11-12,16H,3-10,15H2,1-2H3. The van der Waals surface area contributed by atoms with Crippen molar-refractivity contribution >= 4 is 0 Å². The van der Waals surface area contributed by atoms with Crippen molar-refractivity contribution < 1.29 is 9.84 Å². The summed E-state index contributed by atoms with van der Waals surface area (Å²) < 4.78 is 5.32. The molecule has 17 heavy (non-hydrogen) atoms. The van der Waals surface area contributed by atoms with Crippen LogP contribution in [0, 0.1) is 17.3 Å². The Morgan fingerprint density at radius 3 is 2.59 bits per heavy atom. The summed E-state index contributed by atoms with van der Waals surface area (Å²) in [6, 6.07) is 0. The third-order valence-electron chi connectivity index (χ3n) is 5.02. The van der Waals surface area contributed by atoms with Crippen LogP contribution >= 0.6 is 0 Å². The maximum atomic E-state index is 11.1. The Kier molecular flexibility index (Phi) is 3.81. The first-order valence-corrected chi connectivity index (χ1v) is 6.99. The fraction of sp³-hybridized carbons (Fsp3) is 1.00. The number of ether oxygens (including phenoxy) is 1. The first-order chi connectivity index (χ1) is 8.08. The first kappa shape index (κ1) is 13.3. The third-order valence-corrected chi connectivity index (χ3v) is 5.02. The van der Waals surface area contributed by atoms with E-state index >= 15 is 0 Å². The van der Waals surface area contributed by atoms with Crippen molar-refractivity contribution in [3.8, 4) is 0 Å². The Balaban J connectivity index is 2.23. The molecule has 0 aliphatic heterocycles. The number of hydrogen-bond donors (Lipinski definition) is 2. The van der Waals surface area contributed by atoms with Gasteiger partial charge < -0.3 is 15.6 Å². The maximum Gasteiger partial charge on any atom is 0.0975 e. The van der Waals surface area contributed by atoms with Gasteiger partial charge in [-0.05, 0) is 37.5 Å². The van der Waals surface area contributed by atoms with E-state index in [4.69, 9.17) is 10.5 Å². The Labute approximate surface area is 105 Å². The molecule has 0 amide bonds. The third kappa shape index (κ3) is 2.25. The summed E-state index contributed by atoms with van der Waals surface area (Å²) >= 11 is 0. The molecule has 100 valence electrons. The molecule has 3 N–H and O–H groups in total. The van der Waals surface area contributed by atoms with Crippen molar-refractivity contribution in [2.45, 2.75) is 51.0 Å². The SMILES string of the molecule is COCC(O)(C1CC1)C1(CN)CCCC(C)C1. The largest absolute Gasteiger partial charge is 0.387 e. The van der Waals surface area contributed by atoms with E-state index in [1.165, 1.54) is 12.8 Å². The van der Waals surface area contributed by atoms with Crippen molar-refractivity contribution in [1.29, 1.82) is 0 Å². The molecule has 3 unspecified atom stereocenters. The van der Waals surface area contributed by atoms with Crippen LogP contribution in [0.25, 0.3) is 0 Å². The lowest BCUT2D eigenvalue weighted by atomic mass is 9.59. The van der Waals surface area contributed by atoms with Crippen molar-refractivity contribution in [2.24, 2.45) is 23.0 Å². The summed E-state index contributed by atoms with van der Waals surface area (Å²) in [5, 5.41) is 11.1. The zero-order valence-corrected chi connectivity index (χ0v) is 11.2. The zero-order chi connectivity index (χ0) is 12.5. The van der Waals surface area contributed by atoms with Gasteiger partial charge in [0.2, 0.25) is 0 Å². The van der Waals surface area contributed by atoms with E-state index in [2.05, 4.69) is 6.92 Å². The Morgan fingerprint density at radius 1 is 1.41 bits per heavy atom. The molecule has 0 aromatic rings. The topological polar surface area (TPSA) is 55.5 Å². The van der Waals surface area contributed by atoms with Gasteiger partial charge in [-0.25, -0.2) is 0 Å². The highest BCUT2D eigenvalue weighted by Gasteiger charge is 2.58. The number of hydrogen-bond acceptors (Lipinski definition) is 3. The molecule has 0 aromatic heterocycles. The zero-order valence-electron chi connectivity index (χ0n) is 11.2. The van der Waals surface area contributed by atoms with Gasteiger partial charge in [-0.15, -0.1) is 0 Å². The van der Waals surface area contributed by atoms with Crippen LogP contribution in [0.15, 0.2) is 0 Å². The van der Waals surface area contributed by atoms with Crippen LogP contribution in [-0.4, -0.2) is 31.0 Å². The van der Waals surface area contributed by atoms with Crippen molar-refractivity contribution in [1.82, 2.24) is 0 Å². The van der Waals surface area contributed by atoms with Crippen LogP contribution in [0.1, 0.15) is 45.4 Å². The summed E-state index contributed by atoms with van der Waals surface area (Å²) in [6.45, 7) is 3.32. The van der Waals surface area contributed by atoms with Gasteiger partial charge in [0.25, 0.3) is 0 Å². The van der Waals surface area contributed by atoms with Crippen molar-refractivity contribution in [3.63, 3.8) is 0 Å². The average molecular weight is 241 g/mol. The highest BCUT2D eigenvalue weighted by Crippen LogP contribution is 2.55. The minimum absolute atomic E-state index is 0.109. The Hall–Kier alpha value is -0.120. The fourth-order valence-electron chi connectivity index (χ4n) is 3.90. The van der Waals surface area contributed by atoms with Gasteiger partial charge >= 0.3 is 0 Å². The monoisotopic (exact) mass is 241 g/mol. The molecule has 3 atom stereocenters. The molecule has 3 heteroatoms. The fourth-order valence-corrected chi connectivity index (χ4v) is 3.90. The minimum Gasteiger partial charge on any atom is -0.387 e. The molecule has 2 aliphatic rings. The second kappa shape index (κ2) is 4.87. The molecular formula is C14H27NO2. The van der Waals surface area contributed by atoms with E-state index in [1.54, 1.807) is 7.11 Å². The molecule has 0 aromatic carbocycles. The molecule has 2 saturated carbocycles. The van der Waals surface area contributed by atoms with Crippen molar-refractivity contribution in [3.05, 3.63) is 0 Å². The van der Waals surface area contributed by atoms with Gasteiger partial charge in [0.05, 0.1) is 12.2 Å². The predicted octanol–water partition coefficient (Wildman–Crippen LogP) is 1.93. The molecule has 0 radical (unpaired) electrons. The normalized spacial score (nSPS) is 37.8. The summed E-state index contributed by atoms with van der Waals surface area (Å²) in [6.07, 6.45) is 6.85. The van der Waals surface area contributed by atoms with Gasteiger partial charge in [-0.3, -0.25) is 0 Å². The van der Waals surface area contributed by atoms with Crippen LogP contribution < -0.4 is 5.73 Å². The number of methoxy groups -OCH3 is 1. The molecular weight excluding hydrogens is 214 g/mol. The quantitative estimate of drug-likeness (QED) is 0.773. The molecule has 2 aliphatic carbocycles. The number of aliphatic hydroxyl groups is 1. The lowest BCUT2D eigenvalue weighted by Gasteiger charge is -2.51. The molecule has 0 heterocycles. The lowest BCUT2D eigenvalue weighted by molar-refractivity contribution is -0.155. The van der Waals surface area contributed by atoms with Crippen LogP contribution in [-0.2, 0) is 4.74 Å². The second-order valence-electron chi connectivity index (χ2n) is 6.32. The molecule has 2 rings (SSSR count). The number of rotatable bonds is 5. The number of nitrogens with two attached hydrogens (primary N) is 1. The van der Waals surface area contributed by atoms with Gasteiger partial charge in [0.1, 0.15) is 0 Å². The molecule has 0 bridgehead atoms. The summed E-state index contributed by atoms with van der Waals surface area (Å²) in [5.74, 6) is 1.09. The summed E-state index contributed by atoms with van der Waals surface area (Å²) in [7, 11) is 1.68. The summed E-state index contributed by atoms with van der Waals surface area (Å²) in [4.78, 5) is 0. The van der Waals surface area contributed by atoms with Gasteiger partial charge in [-0.2, -0.15) is 0 Å². The smallest absolute Gasteiger partial charge is 0.0975 e. The van der Waals surface area contributed by atoms with E-state index in [1.807, 2.05) is 0 Å². The lowest BCUT2D eigenvalue weighted by Crippen LogP contribution is -2.58. The minimum atomic E-state index is -0.689. The Bertz CT molecular complexity index is 267. The van der Waals surface area contributed by atoms with E-state index in [9.17, 15) is 5.11 Å². The maximum absolute atomic E-state index is 11.1. The van der Waals surface area contributed by atoms with E-state index < -0.39 is 5.60 Å². The second-order valence-corrected chi connectivity index (χ2v) is 6.32. The molecule has 0 saturated heterocycles. The van der Waals surface area contributed by atoms with Crippen LogP contribution in [0.4, 0.5) is 0 Å². The average Bonchev–Trinajstić information content (AvgIpc) is 3.13. The first-order valence-electron chi connectivity index (χ1n) is 6.99. The Morgan fingerprint density at radius 2 is 2.12 bits per heavy atom. The molecule has 3 nitrogen and oxygen atoms in total. The van der Waals surface area contributed by atoms with Gasteiger partial charge in [0, 0.05) is 19.1 Å². The van der Waals surface area contributed by atoms with E-state index in [-0.39, 0.29) is 5.41 Å². The van der Waals surface area contributed by atoms with Gasteiger partial charge in [0.15, 0.2) is 0 Å². The van der Waals surface area contributed by atoms with Crippen molar-refractivity contribution in [2.75, 3.05) is 20.3 Å². The van der Waals surface area contributed by atoms with Crippen LogP contribution in [0.5, 0.6) is 0 Å². The van der Waals surface area contributed by atoms with Crippen LogP contribution in [0.2, 0.25) is 0 Å².